The molecule has 0 spiro atoms. The van der Waals surface area contributed by atoms with Crippen LogP contribution in [0.5, 0.6) is 5.88 Å². The number of aromatic nitrogens is 3. The smallest absolute Gasteiger partial charge is 0.264 e. The van der Waals surface area contributed by atoms with Crippen molar-refractivity contribution < 1.29 is 9.50 Å². The van der Waals surface area contributed by atoms with Gasteiger partial charge < -0.3 is 10.1 Å². The Morgan fingerprint density at radius 2 is 1.97 bits per heavy atom. The molecule has 0 saturated heterocycles. The summed E-state index contributed by atoms with van der Waals surface area (Å²) in [4.78, 5) is 22.7. The van der Waals surface area contributed by atoms with Crippen molar-refractivity contribution in [1.82, 2.24) is 14.5 Å². The SMILES string of the molecule is CCC(Cc1c[nH]c2ccccc12)N=Cc1c(O)n(-c2ccccc2F)c(=S)[nH]c1=O. The average molecular weight is 437 g/mol. The molecule has 2 heterocycles. The summed E-state index contributed by atoms with van der Waals surface area (Å²) >= 11 is 5.14. The molecule has 158 valence electrons. The molecular formula is C23H21FN4O2S. The predicted molar refractivity (Wildman–Crippen MR) is 123 cm³/mol. The predicted octanol–water partition coefficient (Wildman–Crippen LogP) is 4.66. The van der Waals surface area contributed by atoms with Gasteiger partial charge in [-0.05, 0) is 48.8 Å². The molecule has 0 bridgehead atoms. The van der Waals surface area contributed by atoms with Gasteiger partial charge in [0, 0.05) is 23.3 Å². The van der Waals surface area contributed by atoms with Crippen LogP contribution in [-0.4, -0.2) is 31.9 Å². The fraction of sp³-hybridized carbons (Fsp3) is 0.174. The minimum Gasteiger partial charge on any atom is -0.494 e. The Balaban J connectivity index is 1.69. The van der Waals surface area contributed by atoms with E-state index in [1.54, 1.807) is 6.07 Å². The zero-order chi connectivity index (χ0) is 22.0. The highest BCUT2D eigenvalue weighted by molar-refractivity contribution is 7.71. The number of para-hydroxylation sites is 2. The van der Waals surface area contributed by atoms with Gasteiger partial charge in [0.1, 0.15) is 11.4 Å². The number of rotatable bonds is 6. The molecule has 1 atom stereocenters. The maximum atomic E-state index is 14.3. The van der Waals surface area contributed by atoms with Gasteiger partial charge >= 0.3 is 0 Å². The maximum absolute atomic E-state index is 14.3. The van der Waals surface area contributed by atoms with Gasteiger partial charge in [0.05, 0.1) is 11.7 Å². The summed E-state index contributed by atoms with van der Waals surface area (Å²) in [6.45, 7) is 2.01. The number of aromatic amines is 2. The Labute approximate surface area is 182 Å². The second-order valence-corrected chi connectivity index (χ2v) is 7.57. The van der Waals surface area contributed by atoms with Crippen LogP contribution < -0.4 is 5.56 Å². The van der Waals surface area contributed by atoms with Crippen molar-refractivity contribution >= 4 is 29.3 Å². The lowest BCUT2D eigenvalue weighted by molar-refractivity contribution is 0.429. The van der Waals surface area contributed by atoms with Gasteiger partial charge in [-0.15, -0.1) is 0 Å². The van der Waals surface area contributed by atoms with E-state index in [-0.39, 0.29) is 22.1 Å². The lowest BCUT2D eigenvalue weighted by Crippen LogP contribution is -2.19. The third-order valence-electron chi connectivity index (χ3n) is 5.23. The molecule has 0 radical (unpaired) electrons. The lowest BCUT2D eigenvalue weighted by atomic mass is 10.0. The summed E-state index contributed by atoms with van der Waals surface area (Å²) in [5.41, 5.74) is 1.56. The second-order valence-electron chi connectivity index (χ2n) is 7.19. The molecule has 0 aliphatic heterocycles. The first-order valence-electron chi connectivity index (χ1n) is 9.91. The minimum atomic E-state index is -0.583. The molecule has 0 fully saturated rings. The number of hydrogen-bond donors (Lipinski definition) is 3. The van der Waals surface area contributed by atoms with Gasteiger partial charge in [-0.1, -0.05) is 37.3 Å². The van der Waals surface area contributed by atoms with Crippen molar-refractivity contribution in [3.05, 3.63) is 86.8 Å². The monoisotopic (exact) mass is 436 g/mol. The van der Waals surface area contributed by atoms with Crippen molar-refractivity contribution in [2.24, 2.45) is 4.99 Å². The van der Waals surface area contributed by atoms with Gasteiger partial charge in [0.25, 0.3) is 5.56 Å². The molecule has 0 aliphatic carbocycles. The molecule has 3 N–H and O–H groups in total. The molecule has 8 heteroatoms. The molecule has 0 amide bonds. The number of halogens is 1. The highest BCUT2D eigenvalue weighted by Gasteiger charge is 2.16. The summed E-state index contributed by atoms with van der Waals surface area (Å²) in [6.07, 6.45) is 4.71. The first-order valence-corrected chi connectivity index (χ1v) is 10.3. The van der Waals surface area contributed by atoms with Crippen LogP contribution in [-0.2, 0) is 6.42 Å². The molecule has 6 nitrogen and oxygen atoms in total. The third kappa shape index (κ3) is 4.06. The number of hydrogen-bond acceptors (Lipinski definition) is 4. The summed E-state index contributed by atoms with van der Waals surface area (Å²) < 4.78 is 15.3. The second kappa shape index (κ2) is 8.69. The topological polar surface area (TPSA) is 86.2 Å². The van der Waals surface area contributed by atoms with Crippen molar-refractivity contribution in [3.63, 3.8) is 0 Å². The highest BCUT2D eigenvalue weighted by atomic mass is 32.1. The van der Waals surface area contributed by atoms with Crippen LogP contribution in [0.1, 0.15) is 24.5 Å². The van der Waals surface area contributed by atoms with Crippen molar-refractivity contribution in [2.45, 2.75) is 25.8 Å². The third-order valence-corrected chi connectivity index (χ3v) is 5.52. The quantitative estimate of drug-likeness (QED) is 0.303. The van der Waals surface area contributed by atoms with E-state index in [1.165, 1.54) is 24.4 Å². The van der Waals surface area contributed by atoms with E-state index in [0.29, 0.717) is 6.42 Å². The summed E-state index contributed by atoms with van der Waals surface area (Å²) in [5.74, 6) is -1.03. The van der Waals surface area contributed by atoms with Crippen LogP contribution in [0.3, 0.4) is 0 Å². The molecule has 0 aliphatic rings. The van der Waals surface area contributed by atoms with E-state index in [0.717, 1.165) is 27.5 Å². The van der Waals surface area contributed by atoms with E-state index >= 15 is 0 Å². The zero-order valence-electron chi connectivity index (χ0n) is 16.8. The van der Waals surface area contributed by atoms with Crippen molar-refractivity contribution in [2.75, 3.05) is 0 Å². The number of aromatic hydroxyl groups is 1. The van der Waals surface area contributed by atoms with Gasteiger partial charge in [0.15, 0.2) is 4.77 Å². The van der Waals surface area contributed by atoms with E-state index in [9.17, 15) is 14.3 Å². The van der Waals surface area contributed by atoms with E-state index in [4.69, 9.17) is 12.2 Å². The fourth-order valence-electron chi connectivity index (χ4n) is 3.55. The fourth-order valence-corrected chi connectivity index (χ4v) is 3.83. The normalized spacial score (nSPS) is 12.6. The van der Waals surface area contributed by atoms with Crippen LogP contribution in [0.2, 0.25) is 0 Å². The highest BCUT2D eigenvalue weighted by Crippen LogP contribution is 2.23. The Hall–Kier alpha value is -3.52. The molecule has 2 aromatic carbocycles. The van der Waals surface area contributed by atoms with Crippen molar-refractivity contribution in [1.29, 1.82) is 0 Å². The van der Waals surface area contributed by atoms with Crippen LogP contribution >= 0.6 is 12.2 Å². The molecule has 1 unspecified atom stereocenters. The number of H-pyrrole nitrogens is 2. The summed E-state index contributed by atoms with van der Waals surface area (Å²) in [5, 5.41) is 11.9. The van der Waals surface area contributed by atoms with Crippen molar-refractivity contribution in [3.8, 4) is 11.6 Å². The first kappa shape index (κ1) is 20.7. The van der Waals surface area contributed by atoms with E-state index < -0.39 is 17.3 Å². The number of fused-ring (bicyclic) bond motifs is 1. The molecule has 2 aromatic heterocycles. The standard InChI is InChI=1S/C23H21FN4O2S/c1-2-15(11-14-12-26-19-9-5-3-7-16(14)19)25-13-17-21(29)27-23(31)28(22(17)30)20-10-6-4-8-18(20)24/h3-10,12-13,15,26,30H,2,11H2,1H3,(H,27,29,31). The van der Waals surface area contributed by atoms with Crippen LogP contribution in [0.15, 0.2) is 64.5 Å². The van der Waals surface area contributed by atoms with Gasteiger partial charge in [0.2, 0.25) is 5.88 Å². The Morgan fingerprint density at radius 3 is 2.74 bits per heavy atom. The largest absolute Gasteiger partial charge is 0.494 e. The van der Waals surface area contributed by atoms with Crippen LogP contribution in [0.25, 0.3) is 16.6 Å². The molecule has 0 saturated carbocycles. The minimum absolute atomic E-state index is 0.0433. The Kier molecular flexibility index (Phi) is 5.81. The average Bonchev–Trinajstić information content (AvgIpc) is 3.16. The number of benzene rings is 2. The van der Waals surface area contributed by atoms with Crippen LogP contribution in [0.4, 0.5) is 4.39 Å². The van der Waals surface area contributed by atoms with E-state index in [1.807, 2.05) is 37.4 Å². The lowest BCUT2D eigenvalue weighted by Gasteiger charge is -2.13. The van der Waals surface area contributed by atoms with E-state index in [2.05, 4.69) is 15.0 Å². The summed E-state index contributed by atoms with van der Waals surface area (Å²) in [7, 11) is 0. The van der Waals surface area contributed by atoms with Crippen LogP contribution in [0, 0.1) is 10.6 Å². The Morgan fingerprint density at radius 1 is 1.23 bits per heavy atom. The Bertz CT molecular complexity index is 1390. The molecule has 4 aromatic rings. The van der Waals surface area contributed by atoms with Gasteiger partial charge in [-0.3, -0.25) is 19.3 Å². The number of nitrogens with one attached hydrogen (secondary N) is 2. The van der Waals surface area contributed by atoms with Gasteiger partial charge in [-0.25, -0.2) is 4.39 Å². The summed E-state index contributed by atoms with van der Waals surface area (Å²) in [6, 6.07) is 13.8. The number of nitrogens with zero attached hydrogens (tertiary/aromatic N) is 2. The van der Waals surface area contributed by atoms with Gasteiger partial charge in [-0.2, -0.15) is 0 Å². The molecule has 31 heavy (non-hydrogen) atoms. The zero-order valence-corrected chi connectivity index (χ0v) is 17.6. The molecular weight excluding hydrogens is 415 g/mol. The molecule has 4 rings (SSSR count). The first-order chi connectivity index (χ1) is 15.0. The number of aliphatic imine (C=N–C) groups is 1. The maximum Gasteiger partial charge on any atom is 0.264 e.